The van der Waals surface area contributed by atoms with Crippen molar-refractivity contribution in [3.63, 3.8) is 0 Å². The second-order valence-corrected chi connectivity index (χ2v) is 7.72. The van der Waals surface area contributed by atoms with Gasteiger partial charge in [-0.1, -0.05) is 37.3 Å². The molecule has 1 unspecified atom stereocenters. The van der Waals surface area contributed by atoms with Crippen LogP contribution in [0, 0.1) is 0 Å². The predicted molar refractivity (Wildman–Crippen MR) is 126 cm³/mol. The molecule has 1 amide bonds. The van der Waals surface area contributed by atoms with Crippen LogP contribution in [-0.4, -0.2) is 27.0 Å². The fraction of sp³-hybridized carbons (Fsp3) is 0.269. The Bertz CT molecular complexity index is 1170. The Morgan fingerprint density at radius 3 is 2.59 bits per heavy atom. The van der Waals surface area contributed by atoms with Crippen LogP contribution < -0.4 is 10.1 Å². The van der Waals surface area contributed by atoms with Crippen molar-refractivity contribution in [3.8, 4) is 5.75 Å². The lowest BCUT2D eigenvalue weighted by molar-refractivity contribution is 0.0932. The number of hydrogen-bond acceptors (Lipinski definition) is 4. The second kappa shape index (κ2) is 10.1. The standard InChI is InChI=1S/C26H28N4O2/c1-3-20-12-14-21(15-13-20)32-18-8-17-30-24-11-5-4-9-22(24)29-25(30)19(2)28-26(31)23-10-6-7-16-27-23/h4-7,9-16,19H,3,8,17-18H2,1-2H3,(H,28,31). The lowest BCUT2D eigenvalue weighted by atomic mass is 10.2. The van der Waals surface area contributed by atoms with Gasteiger partial charge in [-0.25, -0.2) is 4.98 Å². The highest BCUT2D eigenvalue weighted by Gasteiger charge is 2.19. The number of carbonyl (C=O) groups is 1. The van der Waals surface area contributed by atoms with Crippen LogP contribution in [0.2, 0.25) is 0 Å². The summed E-state index contributed by atoms with van der Waals surface area (Å²) in [7, 11) is 0. The molecule has 1 N–H and O–H groups in total. The summed E-state index contributed by atoms with van der Waals surface area (Å²) in [6, 6.07) is 21.3. The van der Waals surface area contributed by atoms with Gasteiger partial charge in [-0.15, -0.1) is 0 Å². The Kier molecular flexibility index (Phi) is 6.80. The van der Waals surface area contributed by atoms with E-state index in [2.05, 4.69) is 40.0 Å². The molecule has 0 aliphatic heterocycles. The smallest absolute Gasteiger partial charge is 0.270 e. The minimum absolute atomic E-state index is 0.212. The maximum Gasteiger partial charge on any atom is 0.270 e. The number of carbonyl (C=O) groups excluding carboxylic acids is 1. The SMILES string of the molecule is CCc1ccc(OCCCn2c(C(C)NC(=O)c3ccccn3)nc3ccccc32)cc1. The van der Waals surface area contributed by atoms with Crippen molar-refractivity contribution < 1.29 is 9.53 Å². The molecule has 0 aliphatic rings. The van der Waals surface area contributed by atoms with E-state index in [1.165, 1.54) is 5.56 Å². The lowest BCUT2D eigenvalue weighted by Crippen LogP contribution is -2.29. The normalized spacial score (nSPS) is 11.9. The average Bonchev–Trinajstić information content (AvgIpc) is 3.21. The molecule has 0 saturated carbocycles. The minimum atomic E-state index is -0.264. The van der Waals surface area contributed by atoms with E-state index in [4.69, 9.17) is 9.72 Å². The molecule has 0 radical (unpaired) electrons. The number of ether oxygens (including phenoxy) is 1. The second-order valence-electron chi connectivity index (χ2n) is 7.72. The van der Waals surface area contributed by atoms with Crippen LogP contribution in [0.1, 0.15) is 48.2 Å². The van der Waals surface area contributed by atoms with Gasteiger partial charge >= 0.3 is 0 Å². The Hall–Kier alpha value is -3.67. The molecule has 6 heteroatoms. The van der Waals surface area contributed by atoms with Crippen molar-refractivity contribution in [2.24, 2.45) is 0 Å². The average molecular weight is 429 g/mol. The molecule has 2 aromatic heterocycles. The van der Waals surface area contributed by atoms with E-state index in [0.717, 1.165) is 42.0 Å². The van der Waals surface area contributed by atoms with Gasteiger partial charge in [0.1, 0.15) is 17.3 Å². The summed E-state index contributed by atoms with van der Waals surface area (Å²) in [6.45, 7) is 5.44. The van der Waals surface area contributed by atoms with Crippen molar-refractivity contribution in [3.05, 3.63) is 90.0 Å². The fourth-order valence-corrected chi connectivity index (χ4v) is 3.73. The lowest BCUT2D eigenvalue weighted by Gasteiger charge is -2.16. The maximum atomic E-state index is 12.6. The molecule has 0 aliphatic carbocycles. The molecule has 164 valence electrons. The molecule has 4 rings (SSSR count). The first-order valence-corrected chi connectivity index (χ1v) is 11.0. The number of rotatable bonds is 9. The van der Waals surface area contributed by atoms with E-state index in [9.17, 15) is 4.79 Å². The molecular formula is C26H28N4O2. The molecule has 4 aromatic rings. The Labute approximate surface area is 188 Å². The number of amides is 1. The summed E-state index contributed by atoms with van der Waals surface area (Å²) in [5.74, 6) is 1.49. The van der Waals surface area contributed by atoms with E-state index in [1.807, 2.05) is 37.3 Å². The number of benzene rings is 2. The first-order valence-electron chi connectivity index (χ1n) is 11.0. The Balaban J connectivity index is 1.45. The molecule has 0 saturated heterocycles. The molecule has 2 heterocycles. The zero-order chi connectivity index (χ0) is 22.3. The molecule has 2 aromatic carbocycles. The number of nitrogens with one attached hydrogen (secondary N) is 1. The van der Waals surface area contributed by atoms with Gasteiger partial charge < -0.3 is 14.6 Å². The number of aryl methyl sites for hydroxylation is 2. The molecule has 0 fully saturated rings. The largest absolute Gasteiger partial charge is 0.494 e. The van der Waals surface area contributed by atoms with Crippen LogP contribution in [-0.2, 0) is 13.0 Å². The van der Waals surface area contributed by atoms with Crippen molar-refractivity contribution in [1.29, 1.82) is 0 Å². The molecule has 0 bridgehead atoms. The third-order valence-corrected chi connectivity index (χ3v) is 5.44. The summed E-state index contributed by atoms with van der Waals surface area (Å²) in [6.07, 6.45) is 3.46. The maximum absolute atomic E-state index is 12.6. The van der Waals surface area contributed by atoms with E-state index >= 15 is 0 Å². The van der Waals surface area contributed by atoms with Crippen molar-refractivity contribution in [2.45, 2.75) is 39.3 Å². The first-order chi connectivity index (χ1) is 15.7. The highest BCUT2D eigenvalue weighted by molar-refractivity contribution is 5.92. The van der Waals surface area contributed by atoms with Crippen molar-refractivity contribution in [1.82, 2.24) is 19.9 Å². The van der Waals surface area contributed by atoms with Crippen LogP contribution in [0.15, 0.2) is 72.9 Å². The molecular weight excluding hydrogens is 400 g/mol. The van der Waals surface area contributed by atoms with Crippen LogP contribution in [0.3, 0.4) is 0 Å². The number of nitrogens with zero attached hydrogens (tertiary/aromatic N) is 3. The van der Waals surface area contributed by atoms with Crippen LogP contribution in [0.5, 0.6) is 5.75 Å². The van der Waals surface area contributed by atoms with Crippen molar-refractivity contribution >= 4 is 16.9 Å². The molecule has 0 spiro atoms. The summed E-state index contributed by atoms with van der Waals surface area (Å²) < 4.78 is 8.10. The zero-order valence-electron chi connectivity index (χ0n) is 18.5. The number of aromatic nitrogens is 3. The third kappa shape index (κ3) is 4.97. The highest BCUT2D eigenvalue weighted by atomic mass is 16.5. The van der Waals surface area contributed by atoms with Crippen molar-refractivity contribution in [2.75, 3.05) is 6.61 Å². The number of hydrogen-bond donors (Lipinski definition) is 1. The first kappa shape index (κ1) is 21.6. The predicted octanol–water partition coefficient (Wildman–Crippen LogP) is 4.95. The van der Waals surface area contributed by atoms with Gasteiger partial charge in [0.15, 0.2) is 0 Å². The fourth-order valence-electron chi connectivity index (χ4n) is 3.73. The summed E-state index contributed by atoms with van der Waals surface area (Å²) in [4.78, 5) is 21.5. The number of pyridine rings is 1. The number of imidazole rings is 1. The molecule has 32 heavy (non-hydrogen) atoms. The van der Waals surface area contributed by atoms with E-state index in [0.29, 0.717) is 12.3 Å². The van der Waals surface area contributed by atoms with E-state index < -0.39 is 0 Å². The monoisotopic (exact) mass is 428 g/mol. The van der Waals surface area contributed by atoms with Crippen LogP contribution >= 0.6 is 0 Å². The molecule has 6 nitrogen and oxygen atoms in total. The minimum Gasteiger partial charge on any atom is -0.494 e. The Morgan fingerprint density at radius 1 is 1.06 bits per heavy atom. The Morgan fingerprint density at radius 2 is 1.84 bits per heavy atom. The van der Waals surface area contributed by atoms with Gasteiger partial charge in [0, 0.05) is 12.7 Å². The quantitative estimate of drug-likeness (QED) is 0.383. The van der Waals surface area contributed by atoms with Gasteiger partial charge in [-0.2, -0.15) is 0 Å². The zero-order valence-corrected chi connectivity index (χ0v) is 18.5. The van der Waals surface area contributed by atoms with E-state index in [1.54, 1.807) is 24.4 Å². The summed E-state index contributed by atoms with van der Waals surface area (Å²) in [5, 5.41) is 3.02. The van der Waals surface area contributed by atoms with Gasteiger partial charge in [0.05, 0.1) is 23.7 Å². The van der Waals surface area contributed by atoms with Gasteiger partial charge in [0.2, 0.25) is 0 Å². The third-order valence-electron chi connectivity index (χ3n) is 5.44. The van der Waals surface area contributed by atoms with Crippen LogP contribution in [0.4, 0.5) is 0 Å². The summed E-state index contributed by atoms with van der Waals surface area (Å²) in [5.41, 5.74) is 3.66. The summed E-state index contributed by atoms with van der Waals surface area (Å²) >= 11 is 0. The van der Waals surface area contributed by atoms with Gasteiger partial charge in [-0.3, -0.25) is 9.78 Å². The highest BCUT2D eigenvalue weighted by Crippen LogP contribution is 2.22. The molecule has 1 atom stereocenters. The number of fused-ring (bicyclic) bond motifs is 1. The number of para-hydroxylation sites is 2. The van der Waals surface area contributed by atoms with Gasteiger partial charge in [0.25, 0.3) is 5.91 Å². The van der Waals surface area contributed by atoms with Gasteiger partial charge in [-0.05, 0) is 61.7 Å². The topological polar surface area (TPSA) is 69.0 Å². The van der Waals surface area contributed by atoms with Crippen LogP contribution in [0.25, 0.3) is 11.0 Å². The van der Waals surface area contributed by atoms with E-state index in [-0.39, 0.29) is 11.9 Å².